The molecule has 2 aromatic rings. The van der Waals surface area contributed by atoms with Gasteiger partial charge in [-0.05, 0) is 51.6 Å². The van der Waals surface area contributed by atoms with E-state index in [1.165, 1.54) is 22.3 Å². The fraction of sp³-hybridized carbons (Fsp3) is 0.440. The fourth-order valence-corrected chi connectivity index (χ4v) is 2.95. The number of phenolic OH excluding ortho intramolecular Hbond substituents is 1. The zero-order chi connectivity index (χ0) is 18.0. The van der Waals surface area contributed by atoms with Gasteiger partial charge < -0.3 is 5.11 Å². The predicted octanol–water partition coefficient (Wildman–Crippen LogP) is 7.63. The van der Waals surface area contributed by atoms with Crippen LogP contribution in [0.2, 0.25) is 0 Å². The molecule has 1 heteroatoms. The molecule has 0 radical (unpaired) electrons. The van der Waals surface area contributed by atoms with Crippen molar-refractivity contribution in [1.29, 1.82) is 0 Å². The van der Waals surface area contributed by atoms with E-state index in [2.05, 4.69) is 71.9 Å². The van der Waals surface area contributed by atoms with Gasteiger partial charge in [-0.2, -0.15) is 0 Å². The summed E-state index contributed by atoms with van der Waals surface area (Å²) in [6.45, 7) is 13.3. The second-order valence-electron chi connectivity index (χ2n) is 8.53. The molecule has 1 N–H and O–H groups in total. The van der Waals surface area contributed by atoms with Crippen molar-refractivity contribution < 1.29 is 5.11 Å². The molecule has 1 aliphatic carbocycles. The van der Waals surface area contributed by atoms with Crippen LogP contribution in [0.3, 0.4) is 0 Å². The highest BCUT2D eigenvalue weighted by molar-refractivity contribution is 5.76. The molecule has 2 aromatic carbocycles. The Kier molecular flexibility index (Phi) is 8.37. The number of fused-ring (bicyclic) bond motifs is 1. The van der Waals surface area contributed by atoms with Crippen LogP contribution >= 0.6 is 0 Å². The van der Waals surface area contributed by atoms with Crippen LogP contribution in [0.15, 0.2) is 54.6 Å². The van der Waals surface area contributed by atoms with Crippen molar-refractivity contribution in [2.45, 2.75) is 68.2 Å². The molecule has 3 rings (SSSR count). The summed E-state index contributed by atoms with van der Waals surface area (Å²) in [5.74, 6) is 0.331. The minimum absolute atomic E-state index is 0. The number of hydrogen-bond donors (Lipinski definition) is 1. The van der Waals surface area contributed by atoms with E-state index in [0.29, 0.717) is 5.75 Å². The first-order chi connectivity index (χ1) is 11.1. The summed E-state index contributed by atoms with van der Waals surface area (Å²) < 4.78 is 0. The lowest BCUT2D eigenvalue weighted by atomic mass is 9.83. The second kappa shape index (κ2) is 9.07. The molecule has 0 atom stereocenters. The van der Waals surface area contributed by atoms with Gasteiger partial charge in [-0.3, -0.25) is 0 Å². The van der Waals surface area contributed by atoms with Gasteiger partial charge in [-0.1, -0.05) is 98.9 Å². The summed E-state index contributed by atoms with van der Waals surface area (Å²) in [6.07, 6.45) is 3.48. The largest absolute Gasteiger partial charge is 0.508 e. The normalized spacial score (nSPS) is 12.6. The summed E-state index contributed by atoms with van der Waals surface area (Å²) in [7, 11) is 0. The highest BCUT2D eigenvalue weighted by Crippen LogP contribution is 2.39. The van der Waals surface area contributed by atoms with Gasteiger partial charge in [0.2, 0.25) is 0 Å². The molecule has 1 nitrogen and oxygen atoms in total. The molecule has 0 spiro atoms. The number of allylic oxidation sites excluding steroid dienone is 2. The Labute approximate surface area is 161 Å². The Morgan fingerprint density at radius 2 is 1.27 bits per heavy atom. The Morgan fingerprint density at radius 3 is 1.77 bits per heavy atom. The van der Waals surface area contributed by atoms with Crippen molar-refractivity contribution in [3.05, 3.63) is 71.3 Å². The molecule has 0 amide bonds. The quantitative estimate of drug-likeness (QED) is 0.515. The van der Waals surface area contributed by atoms with Gasteiger partial charge in [-0.25, -0.2) is 0 Å². The molecule has 144 valence electrons. The minimum atomic E-state index is 0. The molecule has 0 fully saturated rings. The standard InChI is InChI=1S/C13H16.C10H14O.2CH4/c1-13(2,3)12-9-8-10-6-4-5-7-11(10)12;1-10(2,3)8-4-6-9(11)7-5-8;;/h4-7,9H,8H2,1-3H3;4-7,11H,1-3H3;2*1H4. The molecule has 26 heavy (non-hydrogen) atoms. The Morgan fingerprint density at radius 1 is 0.731 bits per heavy atom. The predicted molar refractivity (Wildman–Crippen MR) is 118 cm³/mol. The van der Waals surface area contributed by atoms with Gasteiger partial charge >= 0.3 is 0 Å². The third kappa shape index (κ3) is 6.05. The molecule has 1 aliphatic rings. The van der Waals surface area contributed by atoms with E-state index in [1.54, 1.807) is 12.1 Å². The zero-order valence-electron chi connectivity index (χ0n) is 15.9. The van der Waals surface area contributed by atoms with Crippen molar-refractivity contribution in [3.8, 4) is 5.75 Å². The Hall–Kier alpha value is -2.02. The lowest BCUT2D eigenvalue weighted by Crippen LogP contribution is -2.10. The van der Waals surface area contributed by atoms with Crippen LogP contribution in [0, 0.1) is 5.41 Å². The molecule has 0 bridgehead atoms. The van der Waals surface area contributed by atoms with Crippen molar-refractivity contribution in [2.24, 2.45) is 5.41 Å². The molecule has 0 aliphatic heterocycles. The van der Waals surface area contributed by atoms with Crippen LogP contribution in [0.1, 0.15) is 73.1 Å². The van der Waals surface area contributed by atoms with E-state index in [4.69, 9.17) is 5.11 Å². The lowest BCUT2D eigenvalue weighted by Gasteiger charge is -2.21. The van der Waals surface area contributed by atoms with E-state index in [1.807, 2.05) is 12.1 Å². The van der Waals surface area contributed by atoms with E-state index < -0.39 is 0 Å². The van der Waals surface area contributed by atoms with Crippen LogP contribution in [0.4, 0.5) is 0 Å². The highest BCUT2D eigenvalue weighted by Gasteiger charge is 2.23. The maximum absolute atomic E-state index is 9.02. The molecule has 0 saturated heterocycles. The molecule has 0 unspecified atom stereocenters. The smallest absolute Gasteiger partial charge is 0.115 e. The van der Waals surface area contributed by atoms with Gasteiger partial charge in [0, 0.05) is 0 Å². The highest BCUT2D eigenvalue weighted by atomic mass is 16.3. The SMILES string of the molecule is C.C.CC(C)(C)C1=CCc2ccccc21.CC(C)(C)c1ccc(O)cc1. The second-order valence-corrected chi connectivity index (χ2v) is 8.53. The summed E-state index contributed by atoms with van der Waals surface area (Å²) in [5.41, 5.74) is 6.14. The summed E-state index contributed by atoms with van der Waals surface area (Å²) in [5, 5.41) is 9.02. The Balaban J connectivity index is 0.000000453. The van der Waals surface area contributed by atoms with E-state index in [0.717, 1.165) is 6.42 Å². The van der Waals surface area contributed by atoms with Crippen LogP contribution in [-0.4, -0.2) is 5.11 Å². The number of rotatable bonds is 0. The van der Waals surface area contributed by atoms with Gasteiger partial charge in [0.1, 0.15) is 5.75 Å². The van der Waals surface area contributed by atoms with E-state index >= 15 is 0 Å². The fourth-order valence-electron chi connectivity index (χ4n) is 2.95. The monoisotopic (exact) mass is 354 g/mol. The van der Waals surface area contributed by atoms with Gasteiger partial charge in [0.05, 0.1) is 0 Å². The maximum atomic E-state index is 9.02. The Bertz CT molecular complexity index is 707. The minimum Gasteiger partial charge on any atom is -0.508 e. The number of hydrogen-bond acceptors (Lipinski definition) is 1. The number of phenols is 1. The first-order valence-corrected chi connectivity index (χ1v) is 8.67. The summed E-state index contributed by atoms with van der Waals surface area (Å²) in [6, 6.07) is 16.1. The van der Waals surface area contributed by atoms with Crippen LogP contribution in [0.5, 0.6) is 5.75 Å². The van der Waals surface area contributed by atoms with E-state index in [9.17, 15) is 0 Å². The molecular weight excluding hydrogens is 316 g/mol. The third-order valence-electron chi connectivity index (χ3n) is 4.37. The first kappa shape index (κ1) is 24.0. The molecule has 0 saturated carbocycles. The molecule has 0 aromatic heterocycles. The number of aromatic hydroxyl groups is 1. The lowest BCUT2D eigenvalue weighted by molar-refractivity contribution is 0.474. The third-order valence-corrected chi connectivity index (χ3v) is 4.37. The van der Waals surface area contributed by atoms with Crippen molar-refractivity contribution in [2.75, 3.05) is 0 Å². The van der Waals surface area contributed by atoms with Crippen molar-refractivity contribution >= 4 is 5.57 Å². The molecule has 0 heterocycles. The van der Waals surface area contributed by atoms with Crippen LogP contribution in [-0.2, 0) is 11.8 Å². The van der Waals surface area contributed by atoms with E-state index in [-0.39, 0.29) is 25.7 Å². The molecular formula is C25H38O. The average Bonchev–Trinajstić information content (AvgIpc) is 2.91. The maximum Gasteiger partial charge on any atom is 0.115 e. The van der Waals surface area contributed by atoms with Crippen molar-refractivity contribution in [1.82, 2.24) is 0 Å². The topological polar surface area (TPSA) is 20.2 Å². The summed E-state index contributed by atoms with van der Waals surface area (Å²) >= 11 is 0. The summed E-state index contributed by atoms with van der Waals surface area (Å²) in [4.78, 5) is 0. The zero-order valence-corrected chi connectivity index (χ0v) is 15.9. The van der Waals surface area contributed by atoms with Crippen molar-refractivity contribution in [3.63, 3.8) is 0 Å². The number of benzene rings is 2. The van der Waals surface area contributed by atoms with Crippen LogP contribution in [0.25, 0.3) is 5.57 Å². The van der Waals surface area contributed by atoms with Crippen LogP contribution < -0.4 is 0 Å². The van der Waals surface area contributed by atoms with Gasteiger partial charge in [0.25, 0.3) is 0 Å². The van der Waals surface area contributed by atoms with Gasteiger partial charge in [-0.15, -0.1) is 0 Å². The average molecular weight is 355 g/mol. The first-order valence-electron chi connectivity index (χ1n) is 8.67. The van der Waals surface area contributed by atoms with Gasteiger partial charge in [0.15, 0.2) is 0 Å².